The van der Waals surface area contributed by atoms with Gasteiger partial charge in [0.25, 0.3) is 0 Å². The van der Waals surface area contributed by atoms with Crippen LogP contribution in [0.4, 0.5) is 5.82 Å². The van der Waals surface area contributed by atoms with Crippen molar-refractivity contribution in [3.63, 3.8) is 0 Å². The first-order valence-electron chi connectivity index (χ1n) is 5.51. The maximum Gasteiger partial charge on any atom is 0.156 e. The maximum absolute atomic E-state index is 11.5. The number of nitrogen functional groups attached to an aromatic ring is 1. The molecule has 3 N–H and O–H groups in total. The summed E-state index contributed by atoms with van der Waals surface area (Å²) in [4.78, 5) is 8.50. The van der Waals surface area contributed by atoms with Crippen molar-refractivity contribution in [2.24, 2.45) is 0 Å². The van der Waals surface area contributed by atoms with Gasteiger partial charge in [0, 0.05) is 18.5 Å². The quantitative estimate of drug-likeness (QED) is 0.741. The molecule has 94 valence electrons. The summed E-state index contributed by atoms with van der Waals surface area (Å²) in [7, 11) is -1.17. The number of sulfone groups is 1. The number of hydrogen-bond donors (Lipinski definition) is 2. The molecular formula is C10H16N4O2S. The Hall–Kier alpha value is -1.21. The highest BCUT2D eigenvalue weighted by Gasteiger charge is 2.25. The lowest BCUT2D eigenvalue weighted by atomic mass is 10.1. The van der Waals surface area contributed by atoms with Crippen molar-refractivity contribution in [1.29, 1.82) is 0 Å². The van der Waals surface area contributed by atoms with Gasteiger partial charge in [-0.15, -0.1) is 0 Å². The number of nitrogens with one attached hydrogen (secondary N) is 1. The minimum atomic E-state index is -3.01. The highest BCUT2D eigenvalue weighted by Crippen LogP contribution is 2.22. The van der Waals surface area contributed by atoms with Crippen LogP contribution in [0.5, 0.6) is 0 Å². The maximum atomic E-state index is 11.5. The van der Waals surface area contributed by atoms with Crippen LogP contribution >= 0.6 is 0 Å². The van der Waals surface area contributed by atoms with E-state index in [4.69, 9.17) is 5.73 Å². The molecule has 0 atom stereocenters. The smallest absolute Gasteiger partial charge is 0.156 e. The second-order valence-corrected chi connectivity index (χ2v) is 6.33. The van der Waals surface area contributed by atoms with Gasteiger partial charge in [0.15, 0.2) is 9.84 Å². The zero-order valence-corrected chi connectivity index (χ0v) is 10.5. The fourth-order valence-corrected chi connectivity index (χ4v) is 3.20. The molecule has 1 aromatic rings. The van der Waals surface area contributed by atoms with Gasteiger partial charge < -0.3 is 11.1 Å². The molecule has 7 heteroatoms. The molecule has 1 aliphatic rings. The van der Waals surface area contributed by atoms with E-state index in [9.17, 15) is 8.42 Å². The lowest BCUT2D eigenvalue weighted by Crippen LogP contribution is -2.23. The lowest BCUT2D eigenvalue weighted by Gasteiger charge is -2.17. The van der Waals surface area contributed by atoms with Gasteiger partial charge in [0.2, 0.25) is 0 Å². The molecule has 1 aromatic heterocycles. The summed E-state index contributed by atoms with van der Waals surface area (Å²) in [5, 5.41) is 2.99. The Labute approximate surface area is 101 Å². The van der Waals surface area contributed by atoms with Gasteiger partial charge in [-0.3, -0.25) is 0 Å². The standard InChI is InChI=1S/C10H16N4O2S/c1-12-4-2-9-13-8-6-17(15,16)5-3-7(8)10(11)14-9/h12H,2-6H2,1H3,(H2,11,13,14). The Morgan fingerprint density at radius 1 is 1.41 bits per heavy atom. The Balaban J connectivity index is 2.35. The Kier molecular flexibility index (Phi) is 3.30. The average Bonchev–Trinajstić information content (AvgIpc) is 2.24. The molecular weight excluding hydrogens is 240 g/mol. The number of likely N-dealkylation sites (N-methyl/N-ethyl adjacent to an activating group) is 1. The third-order valence-electron chi connectivity index (χ3n) is 2.79. The normalized spacial score (nSPS) is 17.7. The van der Waals surface area contributed by atoms with Gasteiger partial charge in [-0.05, 0) is 13.5 Å². The predicted molar refractivity (Wildman–Crippen MR) is 65.3 cm³/mol. The van der Waals surface area contributed by atoms with Crippen molar-refractivity contribution >= 4 is 15.7 Å². The summed E-state index contributed by atoms with van der Waals surface area (Å²) in [5.74, 6) is 1.16. The number of rotatable bonds is 3. The van der Waals surface area contributed by atoms with E-state index in [0.717, 1.165) is 12.1 Å². The van der Waals surface area contributed by atoms with Gasteiger partial charge in [0.1, 0.15) is 11.6 Å². The minimum Gasteiger partial charge on any atom is -0.383 e. The van der Waals surface area contributed by atoms with Gasteiger partial charge >= 0.3 is 0 Å². The zero-order valence-electron chi connectivity index (χ0n) is 9.73. The molecule has 0 spiro atoms. The number of hydrogen-bond acceptors (Lipinski definition) is 6. The Bertz CT molecular complexity index is 527. The summed E-state index contributed by atoms with van der Waals surface area (Å²) < 4.78 is 23.1. The molecule has 0 radical (unpaired) electrons. The van der Waals surface area contributed by atoms with Crippen LogP contribution in [0.3, 0.4) is 0 Å². The van der Waals surface area contributed by atoms with Crippen molar-refractivity contribution < 1.29 is 8.42 Å². The number of anilines is 1. The molecule has 0 unspecified atom stereocenters. The van der Waals surface area contributed by atoms with Crippen molar-refractivity contribution in [2.75, 3.05) is 25.1 Å². The Morgan fingerprint density at radius 3 is 2.88 bits per heavy atom. The molecule has 0 aromatic carbocycles. The molecule has 6 nitrogen and oxygen atoms in total. The highest BCUT2D eigenvalue weighted by molar-refractivity contribution is 7.90. The molecule has 0 saturated carbocycles. The van der Waals surface area contributed by atoms with E-state index in [1.807, 2.05) is 7.05 Å². The van der Waals surface area contributed by atoms with Crippen molar-refractivity contribution in [1.82, 2.24) is 15.3 Å². The molecule has 0 fully saturated rings. The second kappa shape index (κ2) is 4.58. The summed E-state index contributed by atoms with van der Waals surface area (Å²) >= 11 is 0. The summed E-state index contributed by atoms with van der Waals surface area (Å²) in [6, 6.07) is 0. The van der Waals surface area contributed by atoms with Crippen LogP contribution in [0.1, 0.15) is 17.1 Å². The van der Waals surface area contributed by atoms with E-state index < -0.39 is 9.84 Å². The molecule has 0 bridgehead atoms. The first-order chi connectivity index (χ1) is 8.02. The SMILES string of the molecule is CNCCc1nc(N)c2c(n1)CS(=O)(=O)CC2. The average molecular weight is 256 g/mol. The van der Waals surface area contributed by atoms with Crippen molar-refractivity contribution in [2.45, 2.75) is 18.6 Å². The second-order valence-electron chi connectivity index (χ2n) is 4.15. The van der Waals surface area contributed by atoms with Crippen molar-refractivity contribution in [3.05, 3.63) is 17.1 Å². The Morgan fingerprint density at radius 2 is 2.18 bits per heavy atom. The van der Waals surface area contributed by atoms with Gasteiger partial charge in [-0.25, -0.2) is 18.4 Å². The first-order valence-corrected chi connectivity index (χ1v) is 7.33. The van der Waals surface area contributed by atoms with Gasteiger partial charge in [0.05, 0.1) is 17.2 Å². The van der Waals surface area contributed by atoms with Crippen LogP contribution in [0.2, 0.25) is 0 Å². The summed E-state index contributed by atoms with van der Waals surface area (Å²) in [5.41, 5.74) is 7.21. The highest BCUT2D eigenvalue weighted by atomic mass is 32.2. The predicted octanol–water partition coefficient (Wildman–Crippen LogP) is -0.708. The van der Waals surface area contributed by atoms with Crippen LogP contribution in [0.15, 0.2) is 0 Å². The van der Waals surface area contributed by atoms with Gasteiger partial charge in [-0.2, -0.15) is 0 Å². The van der Waals surface area contributed by atoms with Gasteiger partial charge in [-0.1, -0.05) is 0 Å². The largest absolute Gasteiger partial charge is 0.383 e. The number of nitrogens with two attached hydrogens (primary N) is 1. The van der Waals surface area contributed by atoms with E-state index in [0.29, 0.717) is 30.2 Å². The fraction of sp³-hybridized carbons (Fsp3) is 0.600. The van der Waals surface area contributed by atoms with E-state index in [-0.39, 0.29) is 11.5 Å². The third kappa shape index (κ3) is 2.73. The topological polar surface area (TPSA) is 98.0 Å². The van der Waals surface area contributed by atoms with E-state index in [1.54, 1.807) is 0 Å². The first kappa shape index (κ1) is 12.3. The monoisotopic (exact) mass is 256 g/mol. The fourth-order valence-electron chi connectivity index (χ4n) is 1.88. The number of fused-ring (bicyclic) bond motifs is 1. The molecule has 0 saturated heterocycles. The molecule has 0 aliphatic carbocycles. The summed E-state index contributed by atoms with van der Waals surface area (Å²) in [6.07, 6.45) is 1.07. The third-order valence-corrected chi connectivity index (χ3v) is 4.33. The molecule has 0 amide bonds. The van der Waals surface area contributed by atoms with Crippen LogP contribution < -0.4 is 11.1 Å². The van der Waals surface area contributed by atoms with E-state index in [2.05, 4.69) is 15.3 Å². The summed E-state index contributed by atoms with van der Waals surface area (Å²) in [6.45, 7) is 0.741. The van der Waals surface area contributed by atoms with Crippen molar-refractivity contribution in [3.8, 4) is 0 Å². The molecule has 2 heterocycles. The molecule has 1 aliphatic heterocycles. The molecule has 17 heavy (non-hydrogen) atoms. The van der Waals surface area contributed by atoms with E-state index >= 15 is 0 Å². The van der Waals surface area contributed by atoms with E-state index in [1.165, 1.54) is 0 Å². The molecule has 2 rings (SSSR count). The zero-order chi connectivity index (χ0) is 12.5. The van der Waals surface area contributed by atoms with Crippen LogP contribution in [0, 0.1) is 0 Å². The number of nitrogens with zero attached hydrogens (tertiary/aromatic N) is 2. The van der Waals surface area contributed by atoms with Crippen LogP contribution in [0.25, 0.3) is 0 Å². The lowest BCUT2D eigenvalue weighted by molar-refractivity contribution is 0.590. The number of aromatic nitrogens is 2. The minimum absolute atomic E-state index is 0.0123. The van der Waals surface area contributed by atoms with Crippen LogP contribution in [-0.4, -0.2) is 37.7 Å². The van der Waals surface area contributed by atoms with Crippen LogP contribution in [-0.2, 0) is 28.4 Å².